The van der Waals surface area contributed by atoms with Crippen molar-refractivity contribution in [3.63, 3.8) is 0 Å². The van der Waals surface area contributed by atoms with Crippen molar-refractivity contribution in [1.29, 1.82) is 0 Å². The van der Waals surface area contributed by atoms with Crippen molar-refractivity contribution in [1.82, 2.24) is 10.6 Å². The van der Waals surface area contributed by atoms with E-state index in [1.54, 1.807) is 0 Å². The molecule has 0 unspecified atom stereocenters. The number of rotatable bonds is 3. The molecule has 24 heavy (non-hydrogen) atoms. The molecule has 0 aliphatic carbocycles. The van der Waals surface area contributed by atoms with Crippen molar-refractivity contribution < 1.29 is 27.5 Å². The maximum atomic E-state index is 13.3. The van der Waals surface area contributed by atoms with Gasteiger partial charge in [0, 0.05) is 5.70 Å². The van der Waals surface area contributed by atoms with Crippen molar-refractivity contribution in [2.45, 2.75) is 19.1 Å². The summed E-state index contributed by atoms with van der Waals surface area (Å²) >= 11 is 4.96. The average molecular weight is 358 g/mol. The van der Waals surface area contributed by atoms with Gasteiger partial charge in [0.1, 0.15) is 0 Å². The summed E-state index contributed by atoms with van der Waals surface area (Å²) in [5.74, 6) is -2.21. The summed E-state index contributed by atoms with van der Waals surface area (Å²) in [4.78, 5) is 23.8. The fraction of sp³-hybridized carbons (Fsp3) is 0.267. The summed E-state index contributed by atoms with van der Waals surface area (Å²) in [7, 11) is 1.02. The molecule has 1 aromatic rings. The predicted molar refractivity (Wildman–Crippen MR) is 82.8 cm³/mol. The minimum Gasteiger partial charge on any atom is -0.463 e. The molecule has 1 aromatic carbocycles. The summed E-state index contributed by atoms with van der Waals surface area (Å²) in [6, 6.07) is 3.56. The number of Topliss-reactive ketones (excluding diaryl/α,β-unsaturated/α-hetero) is 1. The summed E-state index contributed by atoms with van der Waals surface area (Å²) in [6.45, 7) is 1.45. The van der Waals surface area contributed by atoms with Gasteiger partial charge in [-0.3, -0.25) is 4.79 Å². The molecule has 0 aromatic heterocycles. The number of ketones is 1. The Morgan fingerprint density at radius 1 is 1.25 bits per heavy atom. The van der Waals surface area contributed by atoms with Crippen LogP contribution in [-0.4, -0.2) is 24.0 Å². The SMILES string of the molecule is COC(=O)C(=O)C1=C(C)NC(=S)N[C@@H]1c1ccccc1C(F)(F)F. The molecule has 5 nitrogen and oxygen atoms in total. The van der Waals surface area contributed by atoms with Gasteiger partial charge in [-0.25, -0.2) is 4.79 Å². The van der Waals surface area contributed by atoms with Gasteiger partial charge in [-0.2, -0.15) is 13.2 Å². The van der Waals surface area contributed by atoms with E-state index in [4.69, 9.17) is 12.2 Å². The lowest BCUT2D eigenvalue weighted by Gasteiger charge is -2.31. The van der Waals surface area contributed by atoms with Crippen LogP contribution in [0.5, 0.6) is 0 Å². The Kier molecular flexibility index (Phi) is 4.93. The number of hydrogen-bond donors (Lipinski definition) is 2. The molecule has 1 atom stereocenters. The summed E-state index contributed by atoms with van der Waals surface area (Å²) in [5, 5.41) is 5.31. The molecule has 2 rings (SSSR count). The van der Waals surface area contributed by atoms with E-state index in [9.17, 15) is 22.8 Å². The predicted octanol–water partition coefficient (Wildman–Crippen LogP) is 2.24. The first-order valence-electron chi connectivity index (χ1n) is 6.74. The molecular formula is C15H13F3N2O3S. The van der Waals surface area contributed by atoms with Crippen LogP contribution in [0.25, 0.3) is 0 Å². The monoisotopic (exact) mass is 358 g/mol. The number of hydrogen-bond acceptors (Lipinski definition) is 4. The Balaban J connectivity index is 2.63. The molecule has 1 aliphatic heterocycles. The number of halogens is 3. The van der Waals surface area contributed by atoms with E-state index >= 15 is 0 Å². The normalized spacial score (nSPS) is 17.9. The zero-order valence-corrected chi connectivity index (χ0v) is 13.5. The highest BCUT2D eigenvalue weighted by atomic mass is 32.1. The molecule has 0 spiro atoms. The van der Waals surface area contributed by atoms with Gasteiger partial charge < -0.3 is 15.4 Å². The molecule has 0 saturated heterocycles. The standard InChI is InChI=1S/C15H13F3N2O3S/c1-7-10(12(21)13(22)23-2)11(20-14(24)19-7)8-5-3-4-6-9(8)15(16,17)18/h3-6,11H,1-2H3,(H2,19,20,24)/t11-/m1/s1. The first-order valence-corrected chi connectivity index (χ1v) is 7.14. The summed E-state index contributed by atoms with van der Waals surface area (Å²) < 4.78 is 44.2. The third-order valence-electron chi connectivity index (χ3n) is 3.46. The van der Waals surface area contributed by atoms with Crippen LogP contribution < -0.4 is 10.6 Å². The molecule has 1 heterocycles. The van der Waals surface area contributed by atoms with E-state index in [0.717, 1.165) is 13.2 Å². The van der Waals surface area contributed by atoms with Gasteiger partial charge in [0.05, 0.1) is 24.3 Å². The first-order chi connectivity index (χ1) is 11.2. The Labute approximate surface area is 140 Å². The second kappa shape index (κ2) is 6.60. The molecule has 0 amide bonds. The quantitative estimate of drug-likeness (QED) is 0.491. The maximum Gasteiger partial charge on any atom is 0.416 e. The highest BCUT2D eigenvalue weighted by Gasteiger charge is 2.40. The minimum atomic E-state index is -4.63. The molecule has 0 bridgehead atoms. The Morgan fingerprint density at radius 2 is 1.88 bits per heavy atom. The van der Waals surface area contributed by atoms with E-state index in [1.807, 2.05) is 0 Å². The number of benzene rings is 1. The molecule has 0 saturated carbocycles. The minimum absolute atomic E-state index is 0.0518. The van der Waals surface area contributed by atoms with Gasteiger partial charge >= 0.3 is 12.1 Å². The van der Waals surface area contributed by atoms with Gasteiger partial charge in [0.2, 0.25) is 0 Å². The number of allylic oxidation sites excluding steroid dienone is 1. The molecule has 0 radical (unpaired) electrons. The lowest BCUT2D eigenvalue weighted by Crippen LogP contribution is -2.46. The van der Waals surface area contributed by atoms with Crippen molar-refractivity contribution in [3.05, 3.63) is 46.7 Å². The number of nitrogens with one attached hydrogen (secondary N) is 2. The van der Waals surface area contributed by atoms with E-state index in [0.29, 0.717) is 0 Å². The molecule has 1 aliphatic rings. The van der Waals surface area contributed by atoms with Crippen molar-refractivity contribution in [3.8, 4) is 0 Å². The van der Waals surface area contributed by atoms with Crippen molar-refractivity contribution >= 4 is 29.1 Å². The number of alkyl halides is 3. The molecule has 128 valence electrons. The van der Waals surface area contributed by atoms with Crippen molar-refractivity contribution in [2.75, 3.05) is 7.11 Å². The second-order valence-corrected chi connectivity index (χ2v) is 5.38. The van der Waals surface area contributed by atoms with E-state index in [1.165, 1.54) is 25.1 Å². The van der Waals surface area contributed by atoms with Gasteiger partial charge in [0.25, 0.3) is 5.78 Å². The van der Waals surface area contributed by atoms with E-state index in [-0.39, 0.29) is 21.9 Å². The second-order valence-electron chi connectivity index (χ2n) is 4.98. The van der Waals surface area contributed by atoms with E-state index in [2.05, 4.69) is 15.4 Å². The van der Waals surface area contributed by atoms with Crippen LogP contribution in [0.3, 0.4) is 0 Å². The lowest BCUT2D eigenvalue weighted by atomic mass is 9.89. The number of methoxy groups -OCH3 is 1. The summed E-state index contributed by atoms with van der Waals surface area (Å²) in [5.41, 5.74) is -1.11. The summed E-state index contributed by atoms with van der Waals surface area (Å²) in [6.07, 6.45) is -4.63. The van der Waals surface area contributed by atoms with Crippen LogP contribution in [0.4, 0.5) is 13.2 Å². The van der Waals surface area contributed by atoms with Gasteiger partial charge in [-0.05, 0) is 30.8 Å². The van der Waals surface area contributed by atoms with Crippen LogP contribution >= 0.6 is 12.2 Å². The Bertz CT molecular complexity index is 744. The first kappa shape index (κ1) is 17.9. The van der Waals surface area contributed by atoms with Gasteiger partial charge in [0.15, 0.2) is 5.11 Å². The number of esters is 1. The Hall–Kier alpha value is -2.42. The number of carbonyl (C=O) groups excluding carboxylic acids is 2. The van der Waals surface area contributed by atoms with E-state index < -0.39 is 29.5 Å². The highest BCUT2D eigenvalue weighted by molar-refractivity contribution is 7.80. The molecule has 9 heteroatoms. The highest BCUT2D eigenvalue weighted by Crippen LogP contribution is 2.38. The van der Waals surface area contributed by atoms with Crippen molar-refractivity contribution in [2.24, 2.45) is 0 Å². The average Bonchev–Trinajstić information content (AvgIpc) is 2.52. The van der Waals surface area contributed by atoms with Crippen LogP contribution in [0.1, 0.15) is 24.1 Å². The van der Waals surface area contributed by atoms with Crippen LogP contribution in [0.2, 0.25) is 0 Å². The number of ether oxygens (including phenoxy) is 1. The topological polar surface area (TPSA) is 67.4 Å². The Morgan fingerprint density at radius 3 is 2.46 bits per heavy atom. The fourth-order valence-electron chi connectivity index (χ4n) is 2.44. The largest absolute Gasteiger partial charge is 0.463 e. The fourth-order valence-corrected chi connectivity index (χ4v) is 2.71. The number of thiocarbonyl (C=S) groups is 1. The smallest absolute Gasteiger partial charge is 0.416 e. The third kappa shape index (κ3) is 3.40. The molecular weight excluding hydrogens is 345 g/mol. The third-order valence-corrected chi connectivity index (χ3v) is 3.68. The van der Waals surface area contributed by atoms with Gasteiger partial charge in [-0.1, -0.05) is 18.2 Å². The van der Waals surface area contributed by atoms with Crippen LogP contribution in [-0.2, 0) is 20.5 Å². The molecule has 0 fully saturated rings. The van der Waals surface area contributed by atoms with Crippen LogP contribution in [0.15, 0.2) is 35.5 Å². The zero-order chi connectivity index (χ0) is 18.1. The van der Waals surface area contributed by atoms with Gasteiger partial charge in [-0.15, -0.1) is 0 Å². The molecule has 2 N–H and O–H groups in total. The van der Waals surface area contributed by atoms with Crippen LogP contribution in [0, 0.1) is 0 Å². The number of carbonyl (C=O) groups is 2. The lowest BCUT2D eigenvalue weighted by molar-refractivity contribution is -0.150. The zero-order valence-electron chi connectivity index (χ0n) is 12.7. The maximum absolute atomic E-state index is 13.3.